The van der Waals surface area contributed by atoms with Gasteiger partial charge in [-0.25, -0.2) is 9.13 Å². The maximum atomic E-state index is 13.0. The third-order valence-electron chi connectivity index (χ3n) is 16.7. The first-order valence-electron chi connectivity index (χ1n) is 36.7. The molecule has 0 aliphatic heterocycles. The Balaban J connectivity index is 5.21. The van der Waals surface area contributed by atoms with Gasteiger partial charge >= 0.3 is 39.5 Å². The largest absolute Gasteiger partial charge is 0.472 e. The van der Waals surface area contributed by atoms with Gasteiger partial charge in [-0.3, -0.25) is 37.3 Å². The van der Waals surface area contributed by atoms with E-state index in [0.29, 0.717) is 37.5 Å². The second-order valence-corrected chi connectivity index (χ2v) is 30.2. The topological polar surface area (TPSA) is 237 Å². The smallest absolute Gasteiger partial charge is 0.462 e. The van der Waals surface area contributed by atoms with Gasteiger partial charge in [0.25, 0.3) is 0 Å². The van der Waals surface area contributed by atoms with E-state index in [2.05, 4.69) is 55.4 Å². The number of aliphatic hydroxyl groups excluding tert-OH is 1. The van der Waals surface area contributed by atoms with Crippen LogP contribution in [0.25, 0.3) is 0 Å². The van der Waals surface area contributed by atoms with E-state index in [1.807, 2.05) is 0 Å². The average Bonchev–Trinajstić information content (AvgIpc) is 3.29. The number of esters is 4. The SMILES string of the molecule is CCC(C)CCCCCCCCCCCCCCCCC(=O)OC[C@H](COP(=O)(O)OC[C@@H](O)COP(=O)(O)OC[C@@H](COC(=O)CCCCCCCCC(C)C)OC(=O)CCCCCCCCCC(C)C)OC(=O)CCCCCCCCCCCCC(C)C. The second-order valence-electron chi connectivity index (χ2n) is 27.3. The Kier molecular flexibility index (Phi) is 59.4. The number of phosphoric ester groups is 2. The maximum Gasteiger partial charge on any atom is 0.472 e. The van der Waals surface area contributed by atoms with Crippen molar-refractivity contribution in [2.24, 2.45) is 23.7 Å². The first-order chi connectivity index (χ1) is 43.1. The van der Waals surface area contributed by atoms with Crippen molar-refractivity contribution in [3.05, 3.63) is 0 Å². The van der Waals surface area contributed by atoms with Crippen molar-refractivity contribution in [3.8, 4) is 0 Å². The van der Waals surface area contributed by atoms with Crippen LogP contribution in [0.5, 0.6) is 0 Å². The van der Waals surface area contributed by atoms with Crippen molar-refractivity contribution < 1.29 is 80.2 Å². The van der Waals surface area contributed by atoms with Crippen molar-refractivity contribution >= 4 is 39.5 Å². The summed E-state index contributed by atoms with van der Waals surface area (Å²) >= 11 is 0. The summed E-state index contributed by atoms with van der Waals surface area (Å²) in [5.74, 6) is 0.845. The lowest BCUT2D eigenvalue weighted by atomic mass is 9.99. The highest BCUT2D eigenvalue weighted by atomic mass is 31.2. The summed E-state index contributed by atoms with van der Waals surface area (Å²) in [6.07, 6.45) is 43.3. The maximum absolute atomic E-state index is 13.0. The number of unbranched alkanes of at least 4 members (excludes halogenated alkanes) is 33. The molecule has 0 fully saturated rings. The molecule has 19 heteroatoms. The van der Waals surface area contributed by atoms with E-state index in [-0.39, 0.29) is 25.7 Å². The summed E-state index contributed by atoms with van der Waals surface area (Å²) < 4.78 is 68.2. The monoisotopic (exact) mass is 1320 g/mol. The Morgan fingerprint density at radius 1 is 0.311 bits per heavy atom. The third kappa shape index (κ3) is 63.5. The molecule has 0 aliphatic rings. The molecule has 90 heavy (non-hydrogen) atoms. The van der Waals surface area contributed by atoms with Crippen molar-refractivity contribution in [3.63, 3.8) is 0 Å². The molecular weight excluding hydrogens is 1190 g/mol. The molecule has 0 bridgehead atoms. The summed E-state index contributed by atoms with van der Waals surface area (Å²) in [7, 11) is -9.90. The Morgan fingerprint density at radius 3 is 0.789 bits per heavy atom. The van der Waals surface area contributed by atoms with Gasteiger partial charge in [0, 0.05) is 25.7 Å². The highest BCUT2D eigenvalue weighted by Gasteiger charge is 2.30. The van der Waals surface area contributed by atoms with Crippen molar-refractivity contribution in [1.29, 1.82) is 0 Å². The first kappa shape index (κ1) is 88.1. The van der Waals surface area contributed by atoms with Gasteiger partial charge in [-0.1, -0.05) is 299 Å². The Morgan fingerprint density at radius 2 is 0.533 bits per heavy atom. The van der Waals surface area contributed by atoms with Gasteiger partial charge < -0.3 is 33.8 Å². The van der Waals surface area contributed by atoms with Crippen LogP contribution >= 0.6 is 15.6 Å². The van der Waals surface area contributed by atoms with Gasteiger partial charge in [0.1, 0.15) is 19.3 Å². The molecule has 0 spiro atoms. The molecule has 534 valence electrons. The molecule has 0 rings (SSSR count). The zero-order valence-corrected chi connectivity index (χ0v) is 60.6. The summed E-state index contributed by atoms with van der Waals surface area (Å²) in [5.41, 5.74) is 0. The zero-order valence-electron chi connectivity index (χ0n) is 58.8. The Labute approximate surface area is 549 Å². The number of carbonyl (C=O) groups excluding carboxylic acids is 4. The average molecular weight is 1330 g/mol. The minimum Gasteiger partial charge on any atom is -0.462 e. The van der Waals surface area contributed by atoms with E-state index in [1.54, 1.807) is 0 Å². The molecule has 0 aromatic carbocycles. The molecule has 3 unspecified atom stereocenters. The lowest BCUT2D eigenvalue weighted by molar-refractivity contribution is -0.161. The Hall–Kier alpha value is -1.94. The predicted octanol–water partition coefficient (Wildman–Crippen LogP) is 20.1. The summed E-state index contributed by atoms with van der Waals surface area (Å²) in [5, 5.41) is 10.6. The molecule has 6 atom stereocenters. The summed E-state index contributed by atoms with van der Waals surface area (Å²) in [6, 6.07) is 0. The lowest BCUT2D eigenvalue weighted by Crippen LogP contribution is -2.30. The number of aliphatic hydroxyl groups is 1. The van der Waals surface area contributed by atoms with E-state index < -0.39 is 97.5 Å². The van der Waals surface area contributed by atoms with Gasteiger partial charge in [0.05, 0.1) is 26.4 Å². The molecule has 0 saturated carbocycles. The van der Waals surface area contributed by atoms with Crippen LogP contribution in [0.1, 0.15) is 351 Å². The predicted molar refractivity (Wildman–Crippen MR) is 363 cm³/mol. The normalized spacial score (nSPS) is 14.6. The lowest BCUT2D eigenvalue weighted by Gasteiger charge is -2.21. The number of ether oxygens (including phenoxy) is 4. The van der Waals surface area contributed by atoms with E-state index in [1.165, 1.54) is 148 Å². The molecule has 0 saturated heterocycles. The fourth-order valence-electron chi connectivity index (χ4n) is 10.6. The quantitative estimate of drug-likeness (QED) is 0.0222. The van der Waals surface area contributed by atoms with Gasteiger partial charge in [-0.2, -0.15) is 0 Å². The molecule has 0 aromatic rings. The second kappa shape index (κ2) is 60.7. The van der Waals surface area contributed by atoms with Crippen molar-refractivity contribution in [2.45, 2.75) is 369 Å². The number of phosphoric acid groups is 2. The summed E-state index contributed by atoms with van der Waals surface area (Å²) in [4.78, 5) is 72.5. The van der Waals surface area contributed by atoms with Crippen LogP contribution in [0.4, 0.5) is 0 Å². The first-order valence-corrected chi connectivity index (χ1v) is 39.7. The number of carbonyl (C=O) groups is 4. The standard InChI is InChI=1S/C71H138O17P2/c1-9-64(8)50-42-34-25-19-14-12-10-11-13-15-20-26-35-43-51-68(73)81-57-66(87-70(75)53-45-37-27-21-17-16-18-23-31-39-47-61(2)3)59-85-89(77,78)83-55-65(72)56-84-90(79,80)86-60-67(58-82-69(74)52-44-36-30-29-33-41-49-63(6)7)88-71(76)54-46-38-28-22-24-32-40-48-62(4)5/h61-67,72H,9-60H2,1-8H3,(H,77,78)(H,79,80)/t64?,65-,66-,67-/m1/s1. The van der Waals surface area contributed by atoms with Crippen LogP contribution in [0.2, 0.25) is 0 Å². The molecule has 0 amide bonds. The van der Waals surface area contributed by atoms with E-state index in [9.17, 15) is 43.2 Å². The third-order valence-corrected chi connectivity index (χ3v) is 18.6. The molecule has 0 heterocycles. The van der Waals surface area contributed by atoms with Crippen LogP contribution < -0.4 is 0 Å². The van der Waals surface area contributed by atoms with Crippen LogP contribution in [-0.2, 0) is 65.4 Å². The molecule has 0 radical (unpaired) electrons. The fraction of sp³-hybridized carbons (Fsp3) is 0.944. The molecule has 0 aliphatic carbocycles. The molecule has 3 N–H and O–H groups in total. The van der Waals surface area contributed by atoms with Crippen LogP contribution in [0, 0.1) is 23.7 Å². The van der Waals surface area contributed by atoms with E-state index in [0.717, 1.165) is 108 Å². The fourth-order valence-corrected chi connectivity index (χ4v) is 12.2. The van der Waals surface area contributed by atoms with Gasteiger partial charge in [-0.15, -0.1) is 0 Å². The van der Waals surface area contributed by atoms with Crippen LogP contribution in [0.3, 0.4) is 0 Å². The summed E-state index contributed by atoms with van der Waals surface area (Å²) in [6.45, 7) is 14.1. The zero-order chi connectivity index (χ0) is 66.8. The van der Waals surface area contributed by atoms with E-state index >= 15 is 0 Å². The van der Waals surface area contributed by atoms with Gasteiger partial charge in [0.2, 0.25) is 0 Å². The molecule has 17 nitrogen and oxygen atoms in total. The molecular formula is C71H138O17P2. The Bertz CT molecular complexity index is 1780. The van der Waals surface area contributed by atoms with Gasteiger partial charge in [-0.05, 0) is 49.4 Å². The highest BCUT2D eigenvalue weighted by molar-refractivity contribution is 7.47. The highest BCUT2D eigenvalue weighted by Crippen LogP contribution is 2.45. The number of rotatable bonds is 68. The number of hydrogen-bond donors (Lipinski definition) is 3. The van der Waals surface area contributed by atoms with E-state index in [4.69, 9.17) is 37.0 Å². The number of hydrogen-bond acceptors (Lipinski definition) is 15. The van der Waals surface area contributed by atoms with Crippen LogP contribution in [0.15, 0.2) is 0 Å². The van der Waals surface area contributed by atoms with Gasteiger partial charge in [0.15, 0.2) is 12.2 Å². The van der Waals surface area contributed by atoms with Crippen LogP contribution in [-0.4, -0.2) is 96.7 Å². The van der Waals surface area contributed by atoms with Crippen molar-refractivity contribution in [2.75, 3.05) is 39.6 Å². The van der Waals surface area contributed by atoms with Crippen molar-refractivity contribution in [1.82, 2.24) is 0 Å². The minimum atomic E-state index is -4.95. The minimum absolute atomic E-state index is 0.102. The molecule has 0 aromatic heterocycles.